The van der Waals surface area contributed by atoms with Crippen LogP contribution in [0.25, 0.3) is 44.3 Å². The van der Waals surface area contributed by atoms with Crippen LogP contribution in [0.1, 0.15) is 22.3 Å². The predicted octanol–water partition coefficient (Wildman–Crippen LogP) is 6.10. The number of nitrogens with zero attached hydrogens (tertiary/aromatic N) is 3. The predicted molar refractivity (Wildman–Crippen MR) is 125 cm³/mol. The smallest absolute Gasteiger partial charge is 0.216 e. The number of aryl methyl sites for hydroxylation is 3. The Balaban J connectivity index is 1.89. The van der Waals surface area contributed by atoms with E-state index in [0.29, 0.717) is 11.1 Å². The van der Waals surface area contributed by atoms with E-state index in [1.165, 1.54) is 0 Å². The van der Waals surface area contributed by atoms with Crippen molar-refractivity contribution >= 4 is 21.9 Å². The van der Waals surface area contributed by atoms with Gasteiger partial charge in [-0.2, -0.15) is 10.5 Å². The lowest BCUT2D eigenvalue weighted by Crippen LogP contribution is -2.30. The number of fused-ring (bicyclic) bond motifs is 3. The summed E-state index contributed by atoms with van der Waals surface area (Å²) in [5, 5.41) is 20.9. The summed E-state index contributed by atoms with van der Waals surface area (Å²) in [7, 11) is 2.02. The third-order valence-corrected chi connectivity index (χ3v) is 6.05. The molecule has 0 aliphatic heterocycles. The molecule has 4 nitrogen and oxygen atoms in total. The van der Waals surface area contributed by atoms with Crippen molar-refractivity contribution in [3.63, 3.8) is 0 Å². The minimum Gasteiger partial charge on any atom is -0.454 e. The lowest BCUT2D eigenvalue weighted by Gasteiger charge is -2.06. The molecule has 5 rings (SSSR count). The van der Waals surface area contributed by atoms with Crippen molar-refractivity contribution < 1.29 is 8.98 Å². The average Bonchev–Trinajstić information content (AvgIpc) is 3.17. The molecule has 0 aliphatic rings. The van der Waals surface area contributed by atoms with E-state index in [1.807, 2.05) is 62.6 Å². The van der Waals surface area contributed by atoms with Crippen LogP contribution in [-0.4, -0.2) is 0 Å². The Kier molecular flexibility index (Phi) is 4.51. The number of nitriles is 2. The Bertz CT molecular complexity index is 1630. The van der Waals surface area contributed by atoms with Gasteiger partial charge in [-0.15, -0.1) is 0 Å². The van der Waals surface area contributed by atoms with Crippen molar-refractivity contribution in [2.24, 2.45) is 7.05 Å². The van der Waals surface area contributed by atoms with Gasteiger partial charge in [0.25, 0.3) is 0 Å². The molecule has 0 unspecified atom stereocenters. The average molecular weight is 414 g/mol. The highest BCUT2D eigenvalue weighted by atomic mass is 16.3. The normalized spacial score (nSPS) is 10.9. The van der Waals surface area contributed by atoms with Gasteiger partial charge in [0.2, 0.25) is 5.69 Å². The zero-order valence-electron chi connectivity index (χ0n) is 18.1. The number of hydrogen-bond donors (Lipinski definition) is 0. The van der Waals surface area contributed by atoms with Gasteiger partial charge in [0, 0.05) is 28.5 Å². The van der Waals surface area contributed by atoms with E-state index in [4.69, 9.17) is 4.42 Å². The first kappa shape index (κ1) is 19.5. The molecule has 32 heavy (non-hydrogen) atoms. The molecule has 3 aromatic carbocycles. The van der Waals surface area contributed by atoms with Crippen molar-refractivity contribution in [3.05, 3.63) is 89.1 Å². The van der Waals surface area contributed by atoms with Gasteiger partial charge in [-0.3, -0.25) is 0 Å². The molecule has 0 spiro atoms. The molecule has 0 N–H and O–H groups in total. The first-order valence-electron chi connectivity index (χ1n) is 10.4. The molecule has 0 aliphatic carbocycles. The minimum atomic E-state index is 0.574. The molecule has 0 saturated heterocycles. The molecule has 0 bridgehead atoms. The Hall–Kier alpha value is -4.41. The van der Waals surface area contributed by atoms with Gasteiger partial charge in [-0.1, -0.05) is 18.2 Å². The molecule has 4 heteroatoms. The van der Waals surface area contributed by atoms with E-state index < -0.39 is 0 Å². The van der Waals surface area contributed by atoms with Crippen LogP contribution in [0.5, 0.6) is 0 Å². The highest BCUT2D eigenvalue weighted by Crippen LogP contribution is 2.41. The maximum atomic E-state index is 9.70. The highest BCUT2D eigenvalue weighted by Gasteiger charge is 2.22. The maximum absolute atomic E-state index is 9.70. The fraction of sp³-hybridized carbons (Fsp3) is 0.107. The number of furan rings is 1. The van der Waals surface area contributed by atoms with Crippen LogP contribution in [0.2, 0.25) is 0 Å². The third kappa shape index (κ3) is 2.94. The SMILES string of the molecule is Cc1cc(-c2cc(C#N)cc3c2oc2c(-c4cccc[n+]4C)c(C)ccc23)ccc1C#N. The molecule has 0 saturated carbocycles. The molecule has 2 heterocycles. The van der Waals surface area contributed by atoms with Crippen molar-refractivity contribution in [1.82, 2.24) is 0 Å². The monoisotopic (exact) mass is 414 g/mol. The van der Waals surface area contributed by atoms with Crippen LogP contribution in [0, 0.1) is 36.5 Å². The molecule has 0 radical (unpaired) electrons. The standard InChI is InChI=1S/C28H20N3O/c1-17-7-10-22-24-14-19(15-29)13-23(20-8-9-21(16-30)18(2)12-20)27(24)32-28(22)26(17)25-6-4-5-11-31(25)3/h4-14H,1-3H3/q+1. The quantitative estimate of drug-likeness (QED) is 0.328. The lowest BCUT2D eigenvalue weighted by atomic mass is 9.96. The molecule has 152 valence electrons. The Labute approximate surface area is 186 Å². The fourth-order valence-corrected chi connectivity index (χ4v) is 4.38. The van der Waals surface area contributed by atoms with Gasteiger partial charge in [0.05, 0.1) is 28.8 Å². The fourth-order valence-electron chi connectivity index (χ4n) is 4.38. The number of aromatic nitrogens is 1. The second-order valence-electron chi connectivity index (χ2n) is 8.09. The Morgan fingerprint density at radius 1 is 0.812 bits per heavy atom. The van der Waals surface area contributed by atoms with E-state index in [-0.39, 0.29) is 0 Å². The van der Waals surface area contributed by atoms with Crippen molar-refractivity contribution in [2.75, 3.05) is 0 Å². The van der Waals surface area contributed by atoms with Crippen molar-refractivity contribution in [2.45, 2.75) is 13.8 Å². The number of benzene rings is 3. The van der Waals surface area contributed by atoms with Crippen LogP contribution < -0.4 is 4.57 Å². The van der Waals surface area contributed by atoms with E-state index in [2.05, 4.69) is 41.8 Å². The first-order chi connectivity index (χ1) is 15.5. The first-order valence-corrected chi connectivity index (χ1v) is 10.4. The molecular weight excluding hydrogens is 394 g/mol. The summed E-state index contributed by atoms with van der Waals surface area (Å²) < 4.78 is 8.65. The van der Waals surface area contributed by atoms with Crippen LogP contribution in [0.4, 0.5) is 0 Å². The zero-order valence-corrected chi connectivity index (χ0v) is 18.1. The number of rotatable bonds is 2. The Morgan fingerprint density at radius 3 is 2.38 bits per heavy atom. The van der Waals surface area contributed by atoms with Crippen LogP contribution in [-0.2, 0) is 7.05 Å². The van der Waals surface area contributed by atoms with Gasteiger partial charge >= 0.3 is 0 Å². The lowest BCUT2D eigenvalue weighted by molar-refractivity contribution is -0.660. The minimum absolute atomic E-state index is 0.574. The highest BCUT2D eigenvalue weighted by molar-refractivity contribution is 6.13. The number of hydrogen-bond acceptors (Lipinski definition) is 3. The van der Waals surface area contributed by atoms with E-state index in [9.17, 15) is 10.5 Å². The van der Waals surface area contributed by atoms with Gasteiger partial charge in [-0.05, 0) is 60.9 Å². The van der Waals surface area contributed by atoms with E-state index in [1.54, 1.807) is 0 Å². The topological polar surface area (TPSA) is 64.6 Å². The molecule has 0 fully saturated rings. The van der Waals surface area contributed by atoms with Crippen molar-refractivity contribution in [3.8, 4) is 34.5 Å². The van der Waals surface area contributed by atoms with Crippen LogP contribution >= 0.6 is 0 Å². The summed E-state index contributed by atoms with van der Waals surface area (Å²) in [6.07, 6.45) is 2.02. The van der Waals surface area contributed by atoms with Crippen LogP contribution in [0.3, 0.4) is 0 Å². The molecule has 2 aromatic heterocycles. The van der Waals surface area contributed by atoms with Crippen molar-refractivity contribution in [1.29, 1.82) is 10.5 Å². The maximum Gasteiger partial charge on any atom is 0.216 e. The summed E-state index contributed by atoms with van der Waals surface area (Å²) in [4.78, 5) is 0. The number of pyridine rings is 1. The summed E-state index contributed by atoms with van der Waals surface area (Å²) in [6, 6.07) is 24.2. The second-order valence-corrected chi connectivity index (χ2v) is 8.09. The van der Waals surface area contributed by atoms with E-state index in [0.717, 1.165) is 55.4 Å². The summed E-state index contributed by atoms with van der Waals surface area (Å²) in [5.74, 6) is 0. The van der Waals surface area contributed by atoms with Gasteiger partial charge in [-0.25, -0.2) is 4.57 Å². The summed E-state index contributed by atoms with van der Waals surface area (Å²) in [5.41, 5.74) is 8.66. The summed E-state index contributed by atoms with van der Waals surface area (Å²) in [6.45, 7) is 4.00. The third-order valence-electron chi connectivity index (χ3n) is 6.05. The Morgan fingerprint density at radius 2 is 1.66 bits per heavy atom. The van der Waals surface area contributed by atoms with Gasteiger partial charge in [0.1, 0.15) is 18.2 Å². The van der Waals surface area contributed by atoms with E-state index >= 15 is 0 Å². The zero-order chi connectivity index (χ0) is 22.4. The van der Waals surface area contributed by atoms with Gasteiger partial charge in [0.15, 0.2) is 6.20 Å². The van der Waals surface area contributed by atoms with Gasteiger partial charge < -0.3 is 4.42 Å². The molecular formula is C28H20N3O+. The largest absolute Gasteiger partial charge is 0.454 e. The van der Waals surface area contributed by atoms with Crippen LogP contribution in [0.15, 0.2) is 71.3 Å². The molecule has 5 aromatic rings. The molecule has 0 amide bonds. The molecule has 0 atom stereocenters. The summed E-state index contributed by atoms with van der Waals surface area (Å²) >= 11 is 0. The second kappa shape index (κ2) is 7.38.